The third-order valence-corrected chi connectivity index (χ3v) is 3.94. The Labute approximate surface area is 78.2 Å². The van der Waals surface area contributed by atoms with Gasteiger partial charge < -0.3 is 10.8 Å². The Balaban J connectivity index is 3.32. The molecule has 1 rings (SSSR count). The van der Waals surface area contributed by atoms with Gasteiger partial charge in [-0.2, -0.15) is 0 Å². The molecule has 0 saturated carbocycles. The van der Waals surface area contributed by atoms with Crippen molar-refractivity contribution in [3.8, 4) is 5.75 Å². The second-order valence-electron chi connectivity index (χ2n) is 4.14. The lowest BCUT2D eigenvalue weighted by atomic mass is 10.3. The number of rotatable bonds is 1. The first-order valence-corrected chi connectivity index (χ1v) is 7.61. The van der Waals surface area contributed by atoms with E-state index in [9.17, 15) is 9.50 Å². The number of halogens is 1. The topological polar surface area (TPSA) is 46.2 Å². The van der Waals surface area contributed by atoms with Crippen molar-refractivity contribution >= 4 is 18.9 Å². The number of anilines is 1. The van der Waals surface area contributed by atoms with Crippen LogP contribution in [0.15, 0.2) is 12.1 Å². The summed E-state index contributed by atoms with van der Waals surface area (Å²) in [4.78, 5) is 0. The van der Waals surface area contributed by atoms with Crippen LogP contribution in [0.4, 0.5) is 10.1 Å². The number of hydrogen-bond acceptors (Lipinski definition) is 2. The maximum Gasteiger partial charge on any atom is 0.146 e. The molecule has 1 aromatic rings. The van der Waals surface area contributed by atoms with E-state index in [2.05, 4.69) is 0 Å². The fraction of sp³-hybridized carbons (Fsp3) is 0.333. The van der Waals surface area contributed by atoms with E-state index in [0.29, 0.717) is 5.19 Å². The van der Waals surface area contributed by atoms with Crippen LogP contribution in [-0.4, -0.2) is 13.2 Å². The average Bonchev–Trinajstić information content (AvgIpc) is 1.94. The Morgan fingerprint density at radius 3 is 2.31 bits per heavy atom. The van der Waals surface area contributed by atoms with Gasteiger partial charge in [-0.3, -0.25) is 0 Å². The van der Waals surface area contributed by atoms with Gasteiger partial charge in [0.2, 0.25) is 0 Å². The molecule has 0 spiro atoms. The maximum atomic E-state index is 13.1. The van der Waals surface area contributed by atoms with Crippen LogP contribution in [0.2, 0.25) is 19.6 Å². The van der Waals surface area contributed by atoms with Crippen molar-refractivity contribution in [3.63, 3.8) is 0 Å². The van der Waals surface area contributed by atoms with Gasteiger partial charge in [-0.05, 0) is 11.3 Å². The fourth-order valence-electron chi connectivity index (χ4n) is 1.18. The van der Waals surface area contributed by atoms with Crippen molar-refractivity contribution < 1.29 is 9.50 Å². The van der Waals surface area contributed by atoms with E-state index >= 15 is 0 Å². The predicted octanol–water partition coefficient (Wildman–Crippen LogP) is 1.66. The quantitative estimate of drug-likeness (QED) is 0.534. The van der Waals surface area contributed by atoms with Crippen LogP contribution in [0.25, 0.3) is 0 Å². The van der Waals surface area contributed by atoms with Crippen LogP contribution in [0.1, 0.15) is 0 Å². The minimum atomic E-state index is -1.68. The Kier molecular flexibility index (Phi) is 2.34. The van der Waals surface area contributed by atoms with E-state index in [1.807, 2.05) is 19.6 Å². The van der Waals surface area contributed by atoms with Crippen LogP contribution >= 0.6 is 0 Å². The molecule has 0 aliphatic rings. The molecule has 3 N–H and O–H groups in total. The maximum absolute atomic E-state index is 13.1. The number of nitrogens with two attached hydrogens (primary N) is 1. The van der Waals surface area contributed by atoms with Gasteiger partial charge in [0, 0.05) is 6.07 Å². The Bertz CT molecular complexity index is 333. The van der Waals surface area contributed by atoms with Crippen LogP contribution in [0, 0.1) is 5.82 Å². The van der Waals surface area contributed by atoms with Gasteiger partial charge in [0.05, 0.1) is 13.8 Å². The molecule has 13 heavy (non-hydrogen) atoms. The monoisotopic (exact) mass is 199 g/mol. The number of aromatic hydroxyl groups is 1. The summed E-state index contributed by atoms with van der Waals surface area (Å²) in [6.45, 7) is 6.12. The Hall–Kier alpha value is -1.03. The normalized spacial score (nSPS) is 11.7. The van der Waals surface area contributed by atoms with Crippen LogP contribution in [0.3, 0.4) is 0 Å². The summed E-state index contributed by atoms with van der Waals surface area (Å²) in [7, 11) is -1.68. The fourth-order valence-corrected chi connectivity index (χ4v) is 2.58. The first kappa shape index (κ1) is 10.1. The molecule has 0 aromatic heterocycles. The van der Waals surface area contributed by atoms with Crippen LogP contribution in [0.5, 0.6) is 5.75 Å². The van der Waals surface area contributed by atoms with Gasteiger partial charge >= 0.3 is 0 Å². The largest absolute Gasteiger partial charge is 0.508 e. The van der Waals surface area contributed by atoms with E-state index in [1.54, 1.807) is 0 Å². The average molecular weight is 199 g/mol. The molecular formula is C9H14FNOSi. The van der Waals surface area contributed by atoms with Gasteiger partial charge in [0.1, 0.15) is 11.6 Å². The first-order chi connectivity index (χ1) is 5.82. The molecule has 0 atom stereocenters. The molecule has 0 fully saturated rings. The molecule has 0 radical (unpaired) electrons. The van der Waals surface area contributed by atoms with Gasteiger partial charge in [0.15, 0.2) is 0 Å². The lowest BCUT2D eigenvalue weighted by Gasteiger charge is -2.18. The molecule has 2 nitrogen and oxygen atoms in total. The van der Waals surface area contributed by atoms with Crippen LogP contribution in [-0.2, 0) is 0 Å². The zero-order valence-electron chi connectivity index (χ0n) is 8.06. The standard InChI is InChI=1S/C9H14FNOSi/c1-13(2,3)9-4-6(10)7(11)5-8(9)12/h4-5,12H,11H2,1-3H3. The Morgan fingerprint density at radius 2 is 1.85 bits per heavy atom. The number of phenolic OH excluding ortho intramolecular Hbond substituents is 1. The van der Waals surface area contributed by atoms with Crippen molar-refractivity contribution in [2.24, 2.45) is 0 Å². The SMILES string of the molecule is C[Si](C)(C)c1cc(F)c(N)cc1O. The summed E-state index contributed by atoms with van der Waals surface area (Å²) in [6, 6.07) is 2.62. The number of phenols is 1. The van der Waals surface area contributed by atoms with Gasteiger partial charge in [-0.25, -0.2) is 4.39 Å². The lowest BCUT2D eigenvalue weighted by molar-refractivity contribution is 0.478. The number of benzene rings is 1. The minimum absolute atomic E-state index is 0.000463. The summed E-state index contributed by atoms with van der Waals surface area (Å²) in [5.41, 5.74) is 5.31. The summed E-state index contributed by atoms with van der Waals surface area (Å²) in [6.07, 6.45) is 0. The highest BCUT2D eigenvalue weighted by Gasteiger charge is 2.21. The molecule has 1 aromatic carbocycles. The van der Waals surface area contributed by atoms with E-state index in [-0.39, 0.29) is 11.4 Å². The van der Waals surface area contributed by atoms with Crippen molar-refractivity contribution in [3.05, 3.63) is 17.9 Å². The van der Waals surface area contributed by atoms with E-state index in [1.165, 1.54) is 12.1 Å². The molecule has 4 heteroatoms. The highest BCUT2D eigenvalue weighted by molar-refractivity contribution is 6.89. The van der Waals surface area contributed by atoms with Crippen molar-refractivity contribution in [1.82, 2.24) is 0 Å². The molecule has 0 aliphatic carbocycles. The third kappa shape index (κ3) is 2.01. The van der Waals surface area contributed by atoms with E-state index < -0.39 is 13.9 Å². The van der Waals surface area contributed by atoms with E-state index in [4.69, 9.17) is 5.73 Å². The molecule has 72 valence electrons. The van der Waals surface area contributed by atoms with E-state index in [0.717, 1.165) is 0 Å². The molecule has 0 bridgehead atoms. The summed E-state index contributed by atoms with van der Waals surface area (Å²) in [5.74, 6) is -0.340. The lowest BCUT2D eigenvalue weighted by Crippen LogP contribution is -2.38. The highest BCUT2D eigenvalue weighted by atomic mass is 28.3. The molecule has 0 saturated heterocycles. The third-order valence-electron chi connectivity index (χ3n) is 1.92. The van der Waals surface area contributed by atoms with Crippen molar-refractivity contribution in [1.29, 1.82) is 0 Å². The molecule has 0 aliphatic heterocycles. The highest BCUT2D eigenvalue weighted by Crippen LogP contribution is 2.19. The second-order valence-corrected chi connectivity index (χ2v) is 9.18. The first-order valence-electron chi connectivity index (χ1n) is 4.11. The zero-order chi connectivity index (χ0) is 10.2. The smallest absolute Gasteiger partial charge is 0.146 e. The zero-order valence-corrected chi connectivity index (χ0v) is 9.06. The van der Waals surface area contributed by atoms with Gasteiger partial charge in [0.25, 0.3) is 0 Å². The van der Waals surface area contributed by atoms with Gasteiger partial charge in [-0.1, -0.05) is 19.6 Å². The summed E-state index contributed by atoms with van der Waals surface area (Å²) in [5, 5.41) is 10.2. The Morgan fingerprint density at radius 1 is 1.31 bits per heavy atom. The van der Waals surface area contributed by atoms with Crippen LogP contribution < -0.4 is 10.9 Å². The second kappa shape index (κ2) is 3.03. The minimum Gasteiger partial charge on any atom is -0.508 e. The predicted molar refractivity (Wildman–Crippen MR) is 55.5 cm³/mol. The summed E-state index contributed by atoms with van der Waals surface area (Å²) >= 11 is 0. The molecule has 0 heterocycles. The molecule has 0 unspecified atom stereocenters. The van der Waals surface area contributed by atoms with Crippen molar-refractivity contribution in [2.45, 2.75) is 19.6 Å². The number of hydrogen-bond donors (Lipinski definition) is 2. The molecule has 0 amide bonds. The molecular weight excluding hydrogens is 185 g/mol. The summed E-state index contributed by atoms with van der Waals surface area (Å²) < 4.78 is 13.1. The number of nitrogen functional groups attached to an aromatic ring is 1. The van der Waals surface area contributed by atoms with Crippen molar-refractivity contribution in [2.75, 3.05) is 5.73 Å². The van der Waals surface area contributed by atoms with Gasteiger partial charge in [-0.15, -0.1) is 0 Å².